The molecule has 0 aliphatic rings. The topological polar surface area (TPSA) is 78.9 Å². The van der Waals surface area contributed by atoms with Gasteiger partial charge in [0.2, 0.25) is 0 Å². The van der Waals surface area contributed by atoms with Gasteiger partial charge in [-0.1, -0.05) is 279 Å². The van der Waals surface area contributed by atoms with E-state index in [0.29, 0.717) is 19.3 Å². The van der Waals surface area contributed by atoms with Gasteiger partial charge in [0, 0.05) is 19.3 Å². The van der Waals surface area contributed by atoms with Gasteiger partial charge < -0.3 is 14.2 Å². The van der Waals surface area contributed by atoms with E-state index >= 15 is 0 Å². The molecule has 0 amide bonds. The van der Waals surface area contributed by atoms with Crippen molar-refractivity contribution in [3.05, 3.63) is 0 Å². The molecule has 0 aromatic carbocycles. The third-order valence-electron chi connectivity index (χ3n) is 13.5. The monoisotopic (exact) mass is 905 g/mol. The van der Waals surface area contributed by atoms with Crippen LogP contribution in [0.15, 0.2) is 0 Å². The van der Waals surface area contributed by atoms with Gasteiger partial charge in [-0.15, -0.1) is 0 Å². The Morgan fingerprint density at radius 2 is 0.547 bits per heavy atom. The maximum atomic E-state index is 12.8. The van der Waals surface area contributed by atoms with Crippen LogP contribution in [0.1, 0.15) is 318 Å². The maximum absolute atomic E-state index is 12.8. The number of unbranched alkanes of at least 4 members (excludes halogenated alkanes) is 33. The molecule has 1 unspecified atom stereocenters. The molecule has 0 saturated carbocycles. The van der Waals surface area contributed by atoms with E-state index in [1.165, 1.54) is 199 Å². The summed E-state index contributed by atoms with van der Waals surface area (Å²) in [6.07, 6.45) is 51.0. The number of rotatable bonds is 51. The molecule has 0 aliphatic carbocycles. The zero-order valence-electron chi connectivity index (χ0n) is 44.1. The molecular formula is C58H112O6. The van der Waals surface area contributed by atoms with Crippen molar-refractivity contribution in [2.75, 3.05) is 13.2 Å². The van der Waals surface area contributed by atoms with Gasteiger partial charge >= 0.3 is 17.9 Å². The molecule has 0 heterocycles. The third kappa shape index (κ3) is 49.8. The maximum Gasteiger partial charge on any atom is 0.306 e. The van der Waals surface area contributed by atoms with E-state index in [1.807, 2.05) is 0 Å². The van der Waals surface area contributed by atoms with Crippen LogP contribution in [-0.4, -0.2) is 37.2 Å². The largest absolute Gasteiger partial charge is 0.462 e. The van der Waals surface area contributed by atoms with Crippen molar-refractivity contribution in [1.82, 2.24) is 0 Å². The van der Waals surface area contributed by atoms with Crippen LogP contribution in [0.5, 0.6) is 0 Å². The molecule has 2 atom stereocenters. The summed E-state index contributed by atoms with van der Waals surface area (Å²) < 4.78 is 16.9. The fourth-order valence-electron chi connectivity index (χ4n) is 8.79. The smallest absolute Gasteiger partial charge is 0.306 e. The average Bonchev–Trinajstić information content (AvgIpc) is 3.27. The first-order chi connectivity index (χ1) is 31.1. The average molecular weight is 906 g/mol. The zero-order chi connectivity index (χ0) is 47.0. The van der Waals surface area contributed by atoms with E-state index in [-0.39, 0.29) is 31.1 Å². The molecular weight excluding hydrogens is 793 g/mol. The van der Waals surface area contributed by atoms with Gasteiger partial charge in [0.25, 0.3) is 0 Å². The van der Waals surface area contributed by atoms with Crippen molar-refractivity contribution >= 4 is 17.9 Å². The van der Waals surface area contributed by atoms with Crippen LogP contribution in [-0.2, 0) is 28.6 Å². The second-order valence-corrected chi connectivity index (χ2v) is 21.1. The van der Waals surface area contributed by atoms with Crippen LogP contribution in [0.25, 0.3) is 0 Å². The summed E-state index contributed by atoms with van der Waals surface area (Å²) in [5.74, 6) is 1.67. The van der Waals surface area contributed by atoms with Gasteiger partial charge in [-0.3, -0.25) is 14.4 Å². The summed E-state index contributed by atoms with van der Waals surface area (Å²) in [7, 11) is 0. The Balaban J connectivity index is 4.20. The highest BCUT2D eigenvalue weighted by Crippen LogP contribution is 2.19. The van der Waals surface area contributed by atoms with Gasteiger partial charge in [-0.2, -0.15) is 0 Å². The van der Waals surface area contributed by atoms with Crippen LogP contribution in [0, 0.1) is 17.8 Å². The van der Waals surface area contributed by atoms with Crippen molar-refractivity contribution in [3.8, 4) is 0 Å². The van der Waals surface area contributed by atoms with Gasteiger partial charge in [0.05, 0.1) is 0 Å². The first-order valence-corrected chi connectivity index (χ1v) is 28.6. The van der Waals surface area contributed by atoms with E-state index in [0.717, 1.165) is 75.5 Å². The van der Waals surface area contributed by atoms with Crippen LogP contribution in [0.2, 0.25) is 0 Å². The molecule has 0 aromatic rings. The molecule has 0 spiro atoms. The van der Waals surface area contributed by atoms with Crippen LogP contribution < -0.4 is 0 Å². The molecule has 0 aromatic heterocycles. The lowest BCUT2D eigenvalue weighted by Crippen LogP contribution is -2.30. The summed E-state index contributed by atoms with van der Waals surface area (Å²) in [5, 5.41) is 0. The number of carbonyl (C=O) groups is 3. The van der Waals surface area contributed by atoms with E-state index in [4.69, 9.17) is 14.2 Å². The summed E-state index contributed by atoms with van der Waals surface area (Å²) in [6.45, 7) is 13.8. The molecule has 0 aliphatic heterocycles. The molecule has 0 radical (unpaired) electrons. The Labute approximate surface area is 399 Å². The normalized spacial score (nSPS) is 12.6. The molecule has 0 fully saturated rings. The highest BCUT2D eigenvalue weighted by atomic mass is 16.6. The first kappa shape index (κ1) is 62.4. The molecule has 6 nitrogen and oxygen atoms in total. The van der Waals surface area contributed by atoms with E-state index in [1.54, 1.807) is 0 Å². The molecule has 6 heteroatoms. The van der Waals surface area contributed by atoms with Crippen molar-refractivity contribution in [2.45, 2.75) is 324 Å². The van der Waals surface area contributed by atoms with E-state index < -0.39 is 6.10 Å². The van der Waals surface area contributed by atoms with Crippen LogP contribution in [0.3, 0.4) is 0 Å². The Kier molecular flexibility index (Phi) is 48.1. The fraction of sp³-hybridized carbons (Fsp3) is 0.948. The van der Waals surface area contributed by atoms with Crippen LogP contribution >= 0.6 is 0 Å². The molecule has 380 valence electrons. The third-order valence-corrected chi connectivity index (χ3v) is 13.5. The van der Waals surface area contributed by atoms with Crippen molar-refractivity contribution < 1.29 is 28.6 Å². The van der Waals surface area contributed by atoms with Crippen molar-refractivity contribution in [3.63, 3.8) is 0 Å². The van der Waals surface area contributed by atoms with Crippen molar-refractivity contribution in [2.24, 2.45) is 17.8 Å². The minimum Gasteiger partial charge on any atom is -0.462 e. The highest BCUT2D eigenvalue weighted by molar-refractivity contribution is 5.71. The summed E-state index contributed by atoms with van der Waals surface area (Å²) in [4.78, 5) is 38.0. The predicted molar refractivity (Wildman–Crippen MR) is 275 cm³/mol. The SMILES string of the molecule is CCC(C)CCCCCCCCCCCCCCCCCCCCC(=O)OC[C@@H](COC(=O)CCCCCCCCCCCCC(C)C)OC(=O)CCCCCCCCCCC(C)C. The van der Waals surface area contributed by atoms with E-state index in [9.17, 15) is 14.4 Å². The number of esters is 3. The molecule has 0 saturated heterocycles. The van der Waals surface area contributed by atoms with Gasteiger partial charge in [0.15, 0.2) is 6.10 Å². The number of hydrogen-bond acceptors (Lipinski definition) is 6. The standard InChI is InChI=1S/C58H112O6/c1-7-54(6)46-40-34-28-21-16-14-12-10-8-9-11-13-15-17-22-29-35-41-47-56(59)62-50-55(64-58(61)49-43-37-31-25-24-27-33-39-45-53(4)5)51-63-57(60)48-42-36-30-23-19-18-20-26-32-38-44-52(2)3/h52-55H,7-51H2,1-6H3/t54?,55-/m0/s1. The van der Waals surface area contributed by atoms with Crippen LogP contribution in [0.4, 0.5) is 0 Å². The fourth-order valence-corrected chi connectivity index (χ4v) is 8.79. The predicted octanol–water partition coefficient (Wildman–Crippen LogP) is 18.7. The number of ether oxygens (including phenoxy) is 3. The zero-order valence-corrected chi connectivity index (χ0v) is 44.1. The molecule has 0 N–H and O–H groups in total. The minimum absolute atomic E-state index is 0.0644. The second-order valence-electron chi connectivity index (χ2n) is 21.1. The Hall–Kier alpha value is -1.59. The lowest BCUT2D eigenvalue weighted by Gasteiger charge is -2.18. The summed E-state index contributed by atoms with van der Waals surface area (Å²) in [5.41, 5.74) is 0. The number of hydrogen-bond donors (Lipinski definition) is 0. The van der Waals surface area contributed by atoms with Gasteiger partial charge in [0.1, 0.15) is 13.2 Å². The highest BCUT2D eigenvalue weighted by Gasteiger charge is 2.19. The first-order valence-electron chi connectivity index (χ1n) is 28.6. The Morgan fingerprint density at radius 1 is 0.312 bits per heavy atom. The minimum atomic E-state index is -0.763. The quantitative estimate of drug-likeness (QED) is 0.0344. The number of carbonyl (C=O) groups excluding carboxylic acids is 3. The van der Waals surface area contributed by atoms with Gasteiger partial charge in [-0.05, 0) is 37.0 Å². The van der Waals surface area contributed by atoms with E-state index in [2.05, 4.69) is 41.5 Å². The van der Waals surface area contributed by atoms with Crippen molar-refractivity contribution in [1.29, 1.82) is 0 Å². The van der Waals surface area contributed by atoms with Gasteiger partial charge in [-0.25, -0.2) is 0 Å². The molecule has 0 rings (SSSR count). The molecule has 64 heavy (non-hydrogen) atoms. The summed E-state index contributed by atoms with van der Waals surface area (Å²) in [6, 6.07) is 0. The summed E-state index contributed by atoms with van der Waals surface area (Å²) >= 11 is 0. The lowest BCUT2D eigenvalue weighted by atomic mass is 9.99. The molecule has 0 bridgehead atoms. The second kappa shape index (κ2) is 49.3. The lowest BCUT2D eigenvalue weighted by molar-refractivity contribution is -0.167. The Morgan fingerprint density at radius 3 is 0.812 bits per heavy atom. The Bertz CT molecular complexity index is 993.